The number of amides is 1. The Balaban J connectivity index is 2.42. The summed E-state index contributed by atoms with van der Waals surface area (Å²) in [7, 11) is 0. The predicted octanol–water partition coefficient (Wildman–Crippen LogP) is 3.84. The second-order valence-corrected chi connectivity index (χ2v) is 4.88. The van der Waals surface area contributed by atoms with Crippen LogP contribution in [0.3, 0.4) is 0 Å². The van der Waals surface area contributed by atoms with Crippen LogP contribution in [-0.4, -0.2) is 5.91 Å². The van der Waals surface area contributed by atoms with Crippen LogP contribution >= 0.6 is 15.9 Å². The van der Waals surface area contributed by atoms with E-state index in [2.05, 4.69) is 15.9 Å². The molecule has 0 atom stereocenters. The second-order valence-electron chi connectivity index (χ2n) is 4.02. The molecule has 0 saturated heterocycles. The molecule has 110 valence electrons. The number of anilines is 2. The van der Waals surface area contributed by atoms with Gasteiger partial charge in [0.15, 0.2) is 11.6 Å². The van der Waals surface area contributed by atoms with Gasteiger partial charge in [0.05, 0.1) is 11.4 Å². The molecule has 0 heterocycles. The minimum Gasteiger partial charge on any atom is -0.396 e. The molecule has 1 amide bonds. The molecule has 0 bridgehead atoms. The fraction of sp³-hybridized carbons (Fsp3) is 0. The van der Waals surface area contributed by atoms with Crippen molar-refractivity contribution in [3.63, 3.8) is 0 Å². The zero-order valence-corrected chi connectivity index (χ0v) is 11.8. The van der Waals surface area contributed by atoms with Gasteiger partial charge < -0.3 is 11.1 Å². The van der Waals surface area contributed by atoms with E-state index >= 15 is 0 Å². The van der Waals surface area contributed by atoms with Crippen LogP contribution in [0.15, 0.2) is 28.7 Å². The number of hydrogen-bond acceptors (Lipinski definition) is 2. The number of halogens is 5. The quantitative estimate of drug-likeness (QED) is 0.629. The van der Waals surface area contributed by atoms with Crippen molar-refractivity contribution >= 4 is 33.2 Å². The molecule has 3 nitrogen and oxygen atoms in total. The van der Waals surface area contributed by atoms with E-state index in [0.717, 1.165) is 18.2 Å². The van der Waals surface area contributed by atoms with E-state index in [1.54, 1.807) is 0 Å². The summed E-state index contributed by atoms with van der Waals surface area (Å²) in [6, 6.07) is 3.18. The van der Waals surface area contributed by atoms with E-state index in [4.69, 9.17) is 5.73 Å². The summed E-state index contributed by atoms with van der Waals surface area (Å²) in [5.74, 6) is -5.63. The Hall–Kier alpha value is -2.09. The number of nitrogens with one attached hydrogen (secondary N) is 1. The second kappa shape index (κ2) is 5.72. The first-order chi connectivity index (χ1) is 9.81. The Morgan fingerprint density at radius 1 is 1.10 bits per heavy atom. The molecule has 2 aromatic carbocycles. The van der Waals surface area contributed by atoms with Crippen molar-refractivity contribution in [3.8, 4) is 0 Å². The van der Waals surface area contributed by atoms with E-state index in [-0.39, 0.29) is 4.47 Å². The third-order valence-corrected chi connectivity index (χ3v) is 3.22. The van der Waals surface area contributed by atoms with Crippen LogP contribution in [0.4, 0.5) is 28.9 Å². The molecule has 0 radical (unpaired) electrons. The molecule has 0 aliphatic carbocycles. The lowest BCUT2D eigenvalue weighted by atomic mass is 10.1. The maximum absolute atomic E-state index is 13.7. The maximum Gasteiger partial charge on any atom is 0.261 e. The number of nitrogens with two attached hydrogens (primary N) is 1. The van der Waals surface area contributed by atoms with Crippen LogP contribution in [0.25, 0.3) is 0 Å². The van der Waals surface area contributed by atoms with Crippen LogP contribution in [0, 0.1) is 23.3 Å². The molecule has 21 heavy (non-hydrogen) atoms. The molecular formula is C13H7BrF4N2O. The molecular weight excluding hydrogens is 356 g/mol. The molecule has 3 N–H and O–H groups in total. The average molecular weight is 363 g/mol. The SMILES string of the molecule is Nc1ccc(F)c(C(=O)Nc2c(F)cc(F)cc2Br)c1F. The van der Waals surface area contributed by atoms with Crippen LogP contribution in [-0.2, 0) is 0 Å². The van der Waals surface area contributed by atoms with E-state index < -0.39 is 46.1 Å². The van der Waals surface area contributed by atoms with E-state index in [1.165, 1.54) is 0 Å². The number of nitrogen functional groups attached to an aromatic ring is 1. The molecule has 0 aliphatic heterocycles. The van der Waals surface area contributed by atoms with Crippen molar-refractivity contribution in [2.45, 2.75) is 0 Å². The monoisotopic (exact) mass is 362 g/mol. The number of rotatable bonds is 2. The van der Waals surface area contributed by atoms with Gasteiger partial charge in [-0.2, -0.15) is 0 Å². The van der Waals surface area contributed by atoms with E-state index in [0.29, 0.717) is 6.07 Å². The summed E-state index contributed by atoms with van der Waals surface area (Å²) in [4.78, 5) is 11.9. The Kier molecular flexibility index (Phi) is 4.17. The summed E-state index contributed by atoms with van der Waals surface area (Å²) in [6.45, 7) is 0. The van der Waals surface area contributed by atoms with Crippen molar-refractivity contribution in [2.24, 2.45) is 0 Å². The highest BCUT2D eigenvalue weighted by Crippen LogP contribution is 2.28. The largest absolute Gasteiger partial charge is 0.396 e. The Morgan fingerprint density at radius 3 is 2.38 bits per heavy atom. The van der Waals surface area contributed by atoms with Crippen molar-refractivity contribution in [1.82, 2.24) is 0 Å². The lowest BCUT2D eigenvalue weighted by Crippen LogP contribution is -2.18. The fourth-order valence-corrected chi connectivity index (χ4v) is 2.12. The summed E-state index contributed by atoms with van der Waals surface area (Å²) >= 11 is 2.84. The van der Waals surface area contributed by atoms with Gasteiger partial charge in [-0.3, -0.25) is 4.79 Å². The van der Waals surface area contributed by atoms with Gasteiger partial charge in [-0.25, -0.2) is 17.6 Å². The summed E-state index contributed by atoms with van der Waals surface area (Å²) < 4.78 is 53.6. The third-order valence-electron chi connectivity index (χ3n) is 2.59. The first-order valence-electron chi connectivity index (χ1n) is 5.50. The smallest absolute Gasteiger partial charge is 0.261 e. The van der Waals surface area contributed by atoms with Gasteiger partial charge in [-0.05, 0) is 34.1 Å². The number of carbonyl (C=O) groups is 1. The van der Waals surface area contributed by atoms with Crippen molar-refractivity contribution < 1.29 is 22.4 Å². The minimum absolute atomic E-state index is 0.113. The number of benzene rings is 2. The Morgan fingerprint density at radius 2 is 1.76 bits per heavy atom. The fourth-order valence-electron chi connectivity index (χ4n) is 1.61. The van der Waals surface area contributed by atoms with Gasteiger partial charge in [0.2, 0.25) is 0 Å². The third kappa shape index (κ3) is 2.99. The van der Waals surface area contributed by atoms with Crippen LogP contribution in [0.5, 0.6) is 0 Å². The summed E-state index contributed by atoms with van der Waals surface area (Å²) in [6.07, 6.45) is 0. The molecule has 0 aromatic heterocycles. The molecule has 0 saturated carbocycles. The lowest BCUT2D eigenvalue weighted by molar-refractivity contribution is 0.101. The Bertz CT molecular complexity index is 713. The van der Waals surface area contributed by atoms with Gasteiger partial charge in [0.25, 0.3) is 5.91 Å². The predicted molar refractivity (Wildman–Crippen MR) is 72.8 cm³/mol. The summed E-state index contributed by atoms with van der Waals surface area (Å²) in [5.41, 5.74) is 3.42. The zero-order chi connectivity index (χ0) is 15.7. The molecule has 0 spiro atoms. The molecule has 2 aromatic rings. The standard InChI is InChI=1S/C13H7BrF4N2O/c14-6-3-5(15)4-8(17)12(6)20-13(21)10-7(16)1-2-9(19)11(10)18/h1-4H,19H2,(H,20,21). The molecule has 0 aliphatic rings. The van der Waals surface area contributed by atoms with Crippen LogP contribution in [0.1, 0.15) is 10.4 Å². The zero-order valence-electron chi connectivity index (χ0n) is 10.2. The van der Waals surface area contributed by atoms with Gasteiger partial charge >= 0.3 is 0 Å². The molecule has 2 rings (SSSR count). The van der Waals surface area contributed by atoms with Gasteiger partial charge in [0, 0.05) is 10.5 Å². The Labute approximate surface area is 124 Å². The van der Waals surface area contributed by atoms with E-state index in [9.17, 15) is 22.4 Å². The highest BCUT2D eigenvalue weighted by Gasteiger charge is 2.22. The van der Waals surface area contributed by atoms with Crippen molar-refractivity contribution in [1.29, 1.82) is 0 Å². The molecule has 0 unspecified atom stereocenters. The lowest BCUT2D eigenvalue weighted by Gasteiger charge is -2.11. The van der Waals surface area contributed by atoms with Gasteiger partial charge in [-0.1, -0.05) is 0 Å². The average Bonchev–Trinajstić information content (AvgIpc) is 2.38. The van der Waals surface area contributed by atoms with Crippen LogP contribution in [0.2, 0.25) is 0 Å². The molecule has 8 heteroatoms. The minimum atomic E-state index is -1.26. The topological polar surface area (TPSA) is 55.1 Å². The van der Waals surface area contributed by atoms with Crippen LogP contribution < -0.4 is 11.1 Å². The first kappa shape index (κ1) is 15.3. The van der Waals surface area contributed by atoms with Crippen molar-refractivity contribution in [3.05, 3.63) is 57.6 Å². The highest BCUT2D eigenvalue weighted by atomic mass is 79.9. The summed E-state index contributed by atoms with van der Waals surface area (Å²) in [5, 5.41) is 1.97. The number of hydrogen-bond donors (Lipinski definition) is 2. The number of carbonyl (C=O) groups excluding carboxylic acids is 1. The normalized spacial score (nSPS) is 10.5. The van der Waals surface area contributed by atoms with Crippen molar-refractivity contribution in [2.75, 3.05) is 11.1 Å². The highest BCUT2D eigenvalue weighted by molar-refractivity contribution is 9.10. The van der Waals surface area contributed by atoms with Gasteiger partial charge in [-0.15, -0.1) is 0 Å². The molecule has 0 fully saturated rings. The first-order valence-corrected chi connectivity index (χ1v) is 6.30. The van der Waals surface area contributed by atoms with Gasteiger partial charge in [0.1, 0.15) is 17.2 Å². The van der Waals surface area contributed by atoms with E-state index in [1.807, 2.05) is 5.32 Å². The maximum atomic E-state index is 13.7.